The molecule has 0 amide bonds. The Morgan fingerprint density at radius 1 is 1.07 bits per heavy atom. The van der Waals surface area contributed by atoms with Crippen LogP contribution in [0.1, 0.15) is 25.7 Å². The van der Waals surface area contributed by atoms with Crippen molar-refractivity contribution in [1.82, 2.24) is 5.32 Å². The van der Waals surface area contributed by atoms with Crippen LogP contribution >= 0.6 is 0 Å². The molecule has 160 valence electrons. The average molecular weight is 411 g/mol. The predicted octanol–water partition coefficient (Wildman–Crippen LogP) is 1.83. The zero-order valence-corrected chi connectivity index (χ0v) is 17.5. The molecule has 4 rings (SSSR count). The second-order valence-corrected chi connectivity index (χ2v) is 7.73. The summed E-state index contributed by atoms with van der Waals surface area (Å²) in [5, 5.41) is 15.7. The van der Waals surface area contributed by atoms with E-state index in [0.717, 1.165) is 29.2 Å². The highest BCUT2D eigenvalue weighted by Crippen LogP contribution is 2.28. The Labute approximate surface area is 177 Å². The molecule has 1 heterocycles. The molecule has 6 heteroatoms. The van der Waals surface area contributed by atoms with Crippen LogP contribution in [0.2, 0.25) is 0 Å². The van der Waals surface area contributed by atoms with Gasteiger partial charge in [-0.05, 0) is 49.1 Å². The predicted molar refractivity (Wildman–Crippen MR) is 116 cm³/mol. The molecule has 30 heavy (non-hydrogen) atoms. The second-order valence-electron chi connectivity index (χ2n) is 7.73. The minimum Gasteiger partial charge on any atom is -0.493 e. The number of ether oxygens (including phenoxy) is 3. The molecule has 0 saturated heterocycles. The number of nitrogens with zero attached hydrogens (tertiary/aromatic N) is 1. The van der Waals surface area contributed by atoms with Crippen molar-refractivity contribution in [3.8, 4) is 17.2 Å². The largest absolute Gasteiger partial charge is 0.493 e. The van der Waals surface area contributed by atoms with Crippen LogP contribution in [0.25, 0.3) is 5.57 Å². The van der Waals surface area contributed by atoms with Gasteiger partial charge in [0.05, 0.1) is 18.5 Å². The molecule has 2 atom stereocenters. The molecule has 2 aromatic rings. The first-order valence-electron chi connectivity index (χ1n) is 10.7. The third-order valence-corrected chi connectivity index (χ3v) is 5.61. The normalized spacial score (nSPS) is 18.2. The lowest BCUT2D eigenvalue weighted by Gasteiger charge is -2.19. The summed E-state index contributed by atoms with van der Waals surface area (Å²) in [6.45, 7) is 1.79. The van der Waals surface area contributed by atoms with E-state index in [4.69, 9.17) is 19.2 Å². The van der Waals surface area contributed by atoms with Crippen molar-refractivity contribution >= 4 is 5.57 Å². The smallest absolute Gasteiger partial charge is 0.161 e. The molecule has 2 aliphatic rings. The van der Waals surface area contributed by atoms with Gasteiger partial charge in [0.1, 0.15) is 25.1 Å². The molecule has 1 aliphatic heterocycles. The Kier molecular flexibility index (Phi) is 6.87. The molecule has 2 N–H and O–H groups in total. The number of hydrogen-bond acceptors (Lipinski definition) is 6. The maximum atomic E-state index is 10.3. The van der Waals surface area contributed by atoms with Gasteiger partial charge in [-0.3, -0.25) is 4.99 Å². The number of nitrogens with one attached hydrogen (secondary N) is 1. The van der Waals surface area contributed by atoms with Gasteiger partial charge in [-0.15, -0.1) is 0 Å². The number of fused-ring (bicyclic) bond motifs is 2. The van der Waals surface area contributed by atoms with E-state index < -0.39 is 6.10 Å². The number of aliphatic hydroxyl groups is 1. The van der Waals surface area contributed by atoms with E-state index in [-0.39, 0.29) is 6.61 Å². The Bertz CT molecular complexity index is 975. The molecule has 0 bridgehead atoms. The minimum absolute atomic E-state index is 0.245. The third-order valence-electron chi connectivity index (χ3n) is 5.61. The molecular formula is C24H30N2O4. The van der Waals surface area contributed by atoms with Crippen molar-refractivity contribution in [3.63, 3.8) is 0 Å². The number of para-hydroxylation sites is 2. The maximum Gasteiger partial charge on any atom is 0.161 e. The molecule has 1 fully saturated rings. The van der Waals surface area contributed by atoms with Gasteiger partial charge in [0.2, 0.25) is 0 Å². The van der Waals surface area contributed by atoms with Crippen LogP contribution in [0.3, 0.4) is 0 Å². The molecule has 0 radical (unpaired) electrons. The Hall–Kier alpha value is -2.57. The van der Waals surface area contributed by atoms with Gasteiger partial charge in [0, 0.05) is 18.3 Å². The Morgan fingerprint density at radius 2 is 1.90 bits per heavy atom. The van der Waals surface area contributed by atoms with Crippen molar-refractivity contribution < 1.29 is 19.3 Å². The first-order valence-corrected chi connectivity index (χ1v) is 10.7. The van der Waals surface area contributed by atoms with Crippen molar-refractivity contribution in [1.29, 1.82) is 0 Å². The fourth-order valence-corrected chi connectivity index (χ4v) is 4.15. The van der Waals surface area contributed by atoms with Gasteiger partial charge in [-0.1, -0.05) is 24.6 Å². The summed E-state index contributed by atoms with van der Waals surface area (Å²) in [5.74, 6) is 2.27. The fourth-order valence-electron chi connectivity index (χ4n) is 4.15. The van der Waals surface area contributed by atoms with Crippen LogP contribution in [0.4, 0.5) is 0 Å². The molecular weight excluding hydrogens is 380 g/mol. The van der Waals surface area contributed by atoms with Crippen molar-refractivity contribution in [2.45, 2.75) is 37.8 Å². The average Bonchev–Trinajstić information content (AvgIpc) is 3.17. The topological polar surface area (TPSA) is 72.3 Å². The van der Waals surface area contributed by atoms with Crippen LogP contribution in [-0.4, -0.2) is 50.7 Å². The van der Waals surface area contributed by atoms with Gasteiger partial charge < -0.3 is 24.6 Å². The molecule has 6 nitrogen and oxygen atoms in total. The molecule has 2 aromatic carbocycles. The highest BCUT2D eigenvalue weighted by atomic mass is 16.5. The standard InChI is InChI=1S/C24H30N2O4/c1-28-21-10-4-5-11-22(21)29-14-13-25-15-17(27)16-30-23-12-6-9-20-24(23)18-7-2-3-8-19(18)26-20/h4-6,9-12,17,19,25,27H,2-3,7-8,13-16H2,1H3/t17-,19+/m0/s1. The van der Waals surface area contributed by atoms with Crippen molar-refractivity contribution in [2.75, 3.05) is 33.4 Å². The van der Waals surface area contributed by atoms with E-state index in [2.05, 4.69) is 11.4 Å². The van der Waals surface area contributed by atoms with Crippen LogP contribution in [-0.2, 0) is 0 Å². The summed E-state index contributed by atoms with van der Waals surface area (Å²) in [6.07, 6.45) is 4.09. The Balaban J connectivity index is 1.24. The summed E-state index contributed by atoms with van der Waals surface area (Å²) in [4.78, 5) is 4.85. The lowest BCUT2D eigenvalue weighted by atomic mass is 9.90. The summed E-state index contributed by atoms with van der Waals surface area (Å²) >= 11 is 0. The van der Waals surface area contributed by atoms with Gasteiger partial charge >= 0.3 is 0 Å². The van der Waals surface area contributed by atoms with Gasteiger partial charge in [0.25, 0.3) is 0 Å². The SMILES string of the molecule is COc1ccccc1OCCNC[C@H](O)COc1cccc2c1=C1CCCC[C@H]1N=2. The molecule has 0 spiro atoms. The monoisotopic (exact) mass is 410 g/mol. The summed E-state index contributed by atoms with van der Waals surface area (Å²) in [7, 11) is 1.62. The van der Waals surface area contributed by atoms with E-state index in [1.165, 1.54) is 18.4 Å². The van der Waals surface area contributed by atoms with E-state index in [1.54, 1.807) is 7.11 Å². The minimum atomic E-state index is -0.599. The van der Waals surface area contributed by atoms with Crippen molar-refractivity contribution in [2.24, 2.45) is 4.99 Å². The number of rotatable bonds is 10. The molecule has 0 aromatic heterocycles. The van der Waals surface area contributed by atoms with Crippen molar-refractivity contribution in [3.05, 3.63) is 53.0 Å². The fraction of sp³-hybridized carbons (Fsp3) is 0.458. The van der Waals surface area contributed by atoms with Gasteiger partial charge in [0.15, 0.2) is 11.5 Å². The first-order chi connectivity index (χ1) is 14.8. The maximum absolute atomic E-state index is 10.3. The van der Waals surface area contributed by atoms with E-state index >= 15 is 0 Å². The van der Waals surface area contributed by atoms with Crippen LogP contribution in [0.5, 0.6) is 17.2 Å². The van der Waals surface area contributed by atoms with Gasteiger partial charge in [-0.25, -0.2) is 0 Å². The zero-order valence-electron chi connectivity index (χ0n) is 17.5. The molecule has 0 unspecified atom stereocenters. The summed E-state index contributed by atoms with van der Waals surface area (Å²) in [6, 6.07) is 13.9. The van der Waals surface area contributed by atoms with E-state index in [1.807, 2.05) is 36.4 Å². The first kappa shape index (κ1) is 20.7. The van der Waals surface area contributed by atoms with E-state index in [0.29, 0.717) is 37.2 Å². The number of methoxy groups -OCH3 is 1. The van der Waals surface area contributed by atoms with Crippen LogP contribution in [0.15, 0.2) is 47.5 Å². The second kappa shape index (κ2) is 9.96. The van der Waals surface area contributed by atoms with Crippen LogP contribution in [0, 0.1) is 0 Å². The Morgan fingerprint density at radius 3 is 2.77 bits per heavy atom. The molecule has 1 saturated carbocycles. The highest BCUT2D eigenvalue weighted by molar-refractivity contribution is 5.57. The number of aliphatic hydroxyl groups excluding tert-OH is 1. The lowest BCUT2D eigenvalue weighted by Crippen LogP contribution is -2.35. The zero-order chi connectivity index (χ0) is 20.8. The number of benzene rings is 2. The number of hydrogen-bond donors (Lipinski definition) is 2. The van der Waals surface area contributed by atoms with Gasteiger partial charge in [-0.2, -0.15) is 0 Å². The molecule has 1 aliphatic carbocycles. The third kappa shape index (κ3) is 4.77. The lowest BCUT2D eigenvalue weighted by molar-refractivity contribution is 0.105. The van der Waals surface area contributed by atoms with Crippen LogP contribution < -0.4 is 30.1 Å². The van der Waals surface area contributed by atoms with E-state index in [9.17, 15) is 5.11 Å². The summed E-state index contributed by atoms with van der Waals surface area (Å²) in [5.41, 5.74) is 1.41. The highest BCUT2D eigenvalue weighted by Gasteiger charge is 2.24. The quantitative estimate of drug-likeness (QED) is 0.585. The summed E-state index contributed by atoms with van der Waals surface area (Å²) < 4.78 is 17.0.